The number of carbonyl (C=O) groups is 1. The highest BCUT2D eigenvalue weighted by atomic mass is 35.5. The molecule has 0 fully saturated rings. The Kier molecular flexibility index (Phi) is 4.46. The molecule has 0 aliphatic heterocycles. The number of aromatic nitrogens is 5. The summed E-state index contributed by atoms with van der Waals surface area (Å²) in [6.07, 6.45) is 1.44. The largest absolute Gasteiger partial charge is 0.370 e. The lowest BCUT2D eigenvalue weighted by Crippen LogP contribution is -2.27. The minimum Gasteiger partial charge on any atom is -0.370 e. The van der Waals surface area contributed by atoms with E-state index in [0.29, 0.717) is 23.8 Å². The van der Waals surface area contributed by atoms with E-state index in [4.69, 9.17) is 11.6 Å². The fraction of sp³-hybridized carbons (Fsp3) is 0.364. The Hall–Kier alpha value is -2.22. The molecule has 2 aromatic heterocycles. The van der Waals surface area contributed by atoms with E-state index in [1.807, 2.05) is 6.92 Å². The van der Waals surface area contributed by atoms with E-state index in [1.54, 1.807) is 13.0 Å². The van der Waals surface area contributed by atoms with Gasteiger partial charge >= 0.3 is 0 Å². The average molecular weight is 296 g/mol. The molecule has 20 heavy (non-hydrogen) atoms. The van der Waals surface area contributed by atoms with Gasteiger partial charge in [-0.3, -0.25) is 4.79 Å². The molecule has 0 radical (unpaired) electrons. The van der Waals surface area contributed by atoms with Crippen molar-refractivity contribution in [2.45, 2.75) is 19.9 Å². The first kappa shape index (κ1) is 14.2. The maximum absolute atomic E-state index is 12.2. The molecule has 0 aliphatic rings. The van der Waals surface area contributed by atoms with Gasteiger partial charge in [0.25, 0.3) is 5.91 Å². The summed E-state index contributed by atoms with van der Waals surface area (Å²) in [6.45, 7) is 4.40. The maximum atomic E-state index is 12.2. The number of halogens is 1. The van der Waals surface area contributed by atoms with E-state index in [-0.39, 0.29) is 17.0 Å². The predicted molar refractivity (Wildman–Crippen MR) is 73.5 cm³/mol. The average Bonchev–Trinajstić information content (AvgIpc) is 2.95. The van der Waals surface area contributed by atoms with Crippen LogP contribution < -0.4 is 10.6 Å². The van der Waals surface area contributed by atoms with Crippen molar-refractivity contribution in [3.8, 4) is 0 Å². The topological polar surface area (TPSA) is 108 Å². The highest BCUT2D eigenvalue weighted by molar-refractivity contribution is 6.33. The molecule has 1 unspecified atom stereocenters. The molecule has 1 amide bonds. The third kappa shape index (κ3) is 3.21. The zero-order valence-electron chi connectivity index (χ0n) is 11.0. The summed E-state index contributed by atoms with van der Waals surface area (Å²) >= 11 is 6.00. The molecule has 2 heterocycles. The SMILES string of the molecule is CCNc1cc(C(=O)NC(C)c2nn[nH]n2)c(Cl)cn1. The number of nitrogens with zero attached hydrogens (tertiary/aromatic N) is 4. The number of hydrogen-bond acceptors (Lipinski definition) is 6. The van der Waals surface area contributed by atoms with Gasteiger partial charge in [-0.15, -0.1) is 10.2 Å². The number of carbonyl (C=O) groups excluding carboxylic acids is 1. The molecule has 0 saturated heterocycles. The molecule has 0 aromatic carbocycles. The standard InChI is InChI=1S/C11H14ClN7O/c1-3-13-9-4-7(8(12)5-14-9)11(20)15-6(2)10-16-18-19-17-10/h4-6H,3H2,1-2H3,(H,13,14)(H,15,20)(H,16,17,18,19). The van der Waals surface area contributed by atoms with Crippen LogP contribution in [0.4, 0.5) is 5.82 Å². The number of H-pyrrole nitrogens is 1. The number of rotatable bonds is 5. The lowest BCUT2D eigenvalue weighted by molar-refractivity contribution is 0.0938. The smallest absolute Gasteiger partial charge is 0.253 e. The molecule has 2 aromatic rings. The molecule has 9 heteroatoms. The second kappa shape index (κ2) is 6.29. The molecular weight excluding hydrogens is 282 g/mol. The quantitative estimate of drug-likeness (QED) is 0.764. The lowest BCUT2D eigenvalue weighted by Gasteiger charge is -2.12. The van der Waals surface area contributed by atoms with Crippen LogP contribution in [-0.2, 0) is 0 Å². The molecule has 0 spiro atoms. The van der Waals surface area contributed by atoms with Gasteiger partial charge in [-0.25, -0.2) is 4.98 Å². The first-order valence-corrected chi connectivity index (χ1v) is 6.43. The monoisotopic (exact) mass is 295 g/mol. The second-order valence-electron chi connectivity index (χ2n) is 4.04. The van der Waals surface area contributed by atoms with Gasteiger partial charge in [0, 0.05) is 12.7 Å². The Bertz CT molecular complexity index is 586. The molecule has 0 aliphatic carbocycles. The summed E-state index contributed by atoms with van der Waals surface area (Å²) in [5.41, 5.74) is 0.341. The van der Waals surface area contributed by atoms with Crippen molar-refractivity contribution in [2.75, 3.05) is 11.9 Å². The van der Waals surface area contributed by atoms with E-state index in [1.165, 1.54) is 6.20 Å². The number of hydrogen-bond donors (Lipinski definition) is 3. The van der Waals surface area contributed by atoms with Crippen LogP contribution in [0.1, 0.15) is 36.1 Å². The molecule has 0 bridgehead atoms. The van der Waals surface area contributed by atoms with E-state index in [0.717, 1.165) is 0 Å². The summed E-state index contributed by atoms with van der Waals surface area (Å²) in [4.78, 5) is 16.3. The first-order chi connectivity index (χ1) is 9.61. The highest BCUT2D eigenvalue weighted by Gasteiger charge is 2.17. The molecule has 106 valence electrons. The number of aromatic amines is 1. The van der Waals surface area contributed by atoms with Gasteiger partial charge in [-0.2, -0.15) is 5.21 Å². The predicted octanol–water partition coefficient (Wildman–Crippen LogP) is 1.17. The van der Waals surface area contributed by atoms with Gasteiger partial charge in [0.1, 0.15) is 5.82 Å². The Morgan fingerprint density at radius 3 is 3.00 bits per heavy atom. The summed E-state index contributed by atoms with van der Waals surface area (Å²) < 4.78 is 0. The zero-order chi connectivity index (χ0) is 14.5. The van der Waals surface area contributed by atoms with E-state index in [9.17, 15) is 4.79 Å². The Labute approximate surface area is 120 Å². The minimum absolute atomic E-state index is 0.282. The highest BCUT2D eigenvalue weighted by Crippen LogP contribution is 2.19. The second-order valence-corrected chi connectivity index (χ2v) is 4.45. The van der Waals surface area contributed by atoms with E-state index in [2.05, 4.69) is 36.2 Å². The number of anilines is 1. The van der Waals surface area contributed by atoms with Crippen LogP contribution in [0.15, 0.2) is 12.3 Å². The van der Waals surface area contributed by atoms with Crippen LogP contribution in [0.5, 0.6) is 0 Å². The van der Waals surface area contributed by atoms with Crippen molar-refractivity contribution in [3.63, 3.8) is 0 Å². The zero-order valence-corrected chi connectivity index (χ0v) is 11.8. The van der Waals surface area contributed by atoms with Crippen LogP contribution in [0.25, 0.3) is 0 Å². The Balaban J connectivity index is 2.14. The summed E-state index contributed by atoms with van der Waals surface area (Å²) in [6, 6.07) is 1.22. The Morgan fingerprint density at radius 2 is 2.35 bits per heavy atom. The van der Waals surface area contributed by atoms with E-state index < -0.39 is 0 Å². The van der Waals surface area contributed by atoms with Crippen molar-refractivity contribution >= 4 is 23.3 Å². The maximum Gasteiger partial charge on any atom is 0.253 e. The number of pyridine rings is 1. The molecule has 0 saturated carbocycles. The van der Waals surface area contributed by atoms with Gasteiger partial charge in [0.05, 0.1) is 16.6 Å². The summed E-state index contributed by atoms with van der Waals surface area (Å²) in [5.74, 6) is 0.665. The normalized spacial score (nSPS) is 11.9. The first-order valence-electron chi connectivity index (χ1n) is 6.05. The van der Waals surface area contributed by atoms with Crippen LogP contribution >= 0.6 is 11.6 Å². The van der Waals surface area contributed by atoms with Crippen molar-refractivity contribution in [1.82, 2.24) is 30.9 Å². The molecular formula is C11H14ClN7O. The summed E-state index contributed by atoms with van der Waals surface area (Å²) in [7, 11) is 0. The fourth-order valence-corrected chi connectivity index (χ4v) is 1.77. The molecule has 1 atom stereocenters. The van der Waals surface area contributed by atoms with Gasteiger partial charge < -0.3 is 10.6 Å². The third-order valence-corrected chi connectivity index (χ3v) is 2.86. The van der Waals surface area contributed by atoms with Crippen molar-refractivity contribution in [2.24, 2.45) is 0 Å². The molecule has 8 nitrogen and oxygen atoms in total. The minimum atomic E-state index is -0.381. The molecule has 2 rings (SSSR count). The fourth-order valence-electron chi connectivity index (χ4n) is 1.58. The lowest BCUT2D eigenvalue weighted by atomic mass is 10.2. The van der Waals surface area contributed by atoms with Crippen LogP contribution in [0.3, 0.4) is 0 Å². The van der Waals surface area contributed by atoms with E-state index >= 15 is 0 Å². The third-order valence-electron chi connectivity index (χ3n) is 2.55. The van der Waals surface area contributed by atoms with Gasteiger partial charge in [0.2, 0.25) is 0 Å². The van der Waals surface area contributed by atoms with Crippen LogP contribution in [-0.4, -0.2) is 38.1 Å². The number of amides is 1. The number of tetrazole rings is 1. The Morgan fingerprint density at radius 1 is 1.55 bits per heavy atom. The van der Waals surface area contributed by atoms with Crippen LogP contribution in [0.2, 0.25) is 5.02 Å². The summed E-state index contributed by atoms with van der Waals surface area (Å²) in [5, 5.41) is 19.5. The number of nitrogens with one attached hydrogen (secondary N) is 3. The van der Waals surface area contributed by atoms with Gasteiger partial charge in [-0.1, -0.05) is 16.8 Å². The van der Waals surface area contributed by atoms with Crippen molar-refractivity contribution in [3.05, 3.63) is 28.7 Å². The van der Waals surface area contributed by atoms with Gasteiger partial charge in [0.15, 0.2) is 5.82 Å². The molecule has 3 N–H and O–H groups in total. The van der Waals surface area contributed by atoms with Crippen LogP contribution in [0, 0.1) is 0 Å². The van der Waals surface area contributed by atoms with Crippen molar-refractivity contribution < 1.29 is 4.79 Å². The van der Waals surface area contributed by atoms with Crippen molar-refractivity contribution in [1.29, 1.82) is 0 Å². The van der Waals surface area contributed by atoms with Gasteiger partial charge in [-0.05, 0) is 19.9 Å².